The highest BCUT2D eigenvalue weighted by Gasteiger charge is 2.12. The minimum atomic E-state index is -0.607. The first-order valence-corrected chi connectivity index (χ1v) is 6.33. The van der Waals surface area contributed by atoms with Crippen LogP contribution in [0.4, 0.5) is 5.13 Å². The van der Waals surface area contributed by atoms with Crippen LogP contribution in [0.1, 0.15) is 32.1 Å². The summed E-state index contributed by atoms with van der Waals surface area (Å²) in [4.78, 5) is 15.7. The van der Waals surface area contributed by atoms with E-state index < -0.39 is 6.10 Å². The molecule has 0 aliphatic carbocycles. The van der Waals surface area contributed by atoms with E-state index in [4.69, 9.17) is 4.74 Å². The van der Waals surface area contributed by atoms with E-state index in [1.807, 2.05) is 6.92 Å². The molecule has 1 aromatic heterocycles. The lowest BCUT2D eigenvalue weighted by atomic mass is 10.1. The van der Waals surface area contributed by atoms with Crippen molar-refractivity contribution in [2.75, 3.05) is 19.0 Å². The summed E-state index contributed by atoms with van der Waals surface area (Å²) < 4.78 is 4.96. The largest absolute Gasteiger partial charge is 0.387 e. The molecule has 1 rings (SSSR count). The van der Waals surface area contributed by atoms with Gasteiger partial charge in [0, 0.05) is 25.5 Å². The van der Waals surface area contributed by atoms with Crippen LogP contribution in [0.3, 0.4) is 0 Å². The molecule has 0 radical (unpaired) electrons. The molecule has 2 atom stereocenters. The minimum Gasteiger partial charge on any atom is -0.387 e. The molecule has 1 aromatic rings. The second-order valence-corrected chi connectivity index (χ2v) is 4.92. The van der Waals surface area contributed by atoms with Crippen LogP contribution in [-0.2, 0) is 9.53 Å². The van der Waals surface area contributed by atoms with E-state index in [0.717, 1.165) is 0 Å². The van der Waals surface area contributed by atoms with Crippen LogP contribution in [0.2, 0.25) is 0 Å². The average molecular weight is 258 g/mol. The zero-order valence-electron chi connectivity index (χ0n) is 10.3. The third-order valence-electron chi connectivity index (χ3n) is 2.18. The van der Waals surface area contributed by atoms with Gasteiger partial charge < -0.3 is 15.2 Å². The second-order valence-electron chi connectivity index (χ2n) is 4.07. The smallest absolute Gasteiger partial charge is 0.226 e. The fourth-order valence-electron chi connectivity index (χ4n) is 1.37. The van der Waals surface area contributed by atoms with E-state index in [9.17, 15) is 9.90 Å². The standard InChI is InChI=1S/C11H18N2O3S/c1-7(5-16-3)4-10(15)13-11-12-9(6-17-11)8(2)14/h6-8,14H,4-5H2,1-3H3,(H,12,13,15). The van der Waals surface area contributed by atoms with Crippen LogP contribution in [0.25, 0.3) is 0 Å². The Kier molecular flexibility index (Phi) is 5.54. The van der Waals surface area contributed by atoms with Crippen LogP contribution in [-0.4, -0.2) is 29.7 Å². The Bertz CT molecular complexity index is 365. The van der Waals surface area contributed by atoms with Gasteiger partial charge in [0.05, 0.1) is 11.8 Å². The normalized spacial score (nSPS) is 14.4. The maximum absolute atomic E-state index is 11.6. The molecule has 2 N–H and O–H groups in total. The number of ether oxygens (including phenoxy) is 1. The predicted octanol–water partition coefficient (Wildman–Crippen LogP) is 1.81. The maximum atomic E-state index is 11.6. The van der Waals surface area contributed by atoms with Gasteiger partial charge in [0.15, 0.2) is 5.13 Å². The van der Waals surface area contributed by atoms with E-state index in [1.165, 1.54) is 11.3 Å². The third kappa shape index (κ3) is 4.80. The molecule has 0 aliphatic rings. The average Bonchev–Trinajstić information content (AvgIpc) is 2.66. The highest BCUT2D eigenvalue weighted by molar-refractivity contribution is 7.13. The summed E-state index contributed by atoms with van der Waals surface area (Å²) in [5.74, 6) is 0.0947. The van der Waals surface area contributed by atoms with Crippen molar-refractivity contribution in [3.63, 3.8) is 0 Å². The lowest BCUT2D eigenvalue weighted by Crippen LogP contribution is -2.17. The van der Waals surface area contributed by atoms with Crippen molar-refractivity contribution in [3.8, 4) is 0 Å². The molecule has 0 aliphatic heterocycles. The van der Waals surface area contributed by atoms with Crippen molar-refractivity contribution in [1.29, 1.82) is 0 Å². The van der Waals surface area contributed by atoms with Crippen molar-refractivity contribution in [2.24, 2.45) is 5.92 Å². The van der Waals surface area contributed by atoms with Gasteiger partial charge in [-0.2, -0.15) is 0 Å². The quantitative estimate of drug-likeness (QED) is 0.816. The lowest BCUT2D eigenvalue weighted by Gasteiger charge is -2.08. The van der Waals surface area contributed by atoms with Crippen molar-refractivity contribution in [1.82, 2.24) is 4.98 Å². The highest BCUT2D eigenvalue weighted by Crippen LogP contribution is 2.20. The number of hydrogen-bond acceptors (Lipinski definition) is 5. The number of aliphatic hydroxyl groups excluding tert-OH is 1. The molecule has 0 fully saturated rings. The van der Waals surface area contributed by atoms with E-state index >= 15 is 0 Å². The van der Waals surface area contributed by atoms with Gasteiger partial charge in [-0.15, -0.1) is 11.3 Å². The molecular formula is C11H18N2O3S. The van der Waals surface area contributed by atoms with Crippen LogP contribution in [0, 0.1) is 5.92 Å². The molecule has 1 heterocycles. The molecule has 2 unspecified atom stereocenters. The highest BCUT2D eigenvalue weighted by atomic mass is 32.1. The Morgan fingerprint density at radius 1 is 1.65 bits per heavy atom. The molecule has 5 nitrogen and oxygen atoms in total. The molecule has 0 saturated carbocycles. The monoisotopic (exact) mass is 258 g/mol. The summed E-state index contributed by atoms with van der Waals surface area (Å²) in [6, 6.07) is 0. The first-order valence-electron chi connectivity index (χ1n) is 5.45. The third-order valence-corrected chi connectivity index (χ3v) is 2.96. The summed E-state index contributed by atoms with van der Waals surface area (Å²) in [5, 5.41) is 14.3. The van der Waals surface area contributed by atoms with Gasteiger partial charge in [0.2, 0.25) is 5.91 Å². The van der Waals surface area contributed by atoms with E-state index in [2.05, 4.69) is 10.3 Å². The van der Waals surface area contributed by atoms with Crippen molar-refractivity contribution in [2.45, 2.75) is 26.4 Å². The predicted molar refractivity (Wildman–Crippen MR) is 67.0 cm³/mol. The number of aromatic nitrogens is 1. The van der Waals surface area contributed by atoms with E-state index in [-0.39, 0.29) is 11.8 Å². The van der Waals surface area contributed by atoms with E-state index in [0.29, 0.717) is 23.9 Å². The molecule has 96 valence electrons. The molecule has 1 amide bonds. The number of hydrogen-bond donors (Lipinski definition) is 2. The van der Waals surface area contributed by atoms with E-state index in [1.54, 1.807) is 19.4 Å². The van der Waals surface area contributed by atoms with Crippen LogP contribution in [0.15, 0.2) is 5.38 Å². The number of thiazole rings is 1. The number of nitrogens with one attached hydrogen (secondary N) is 1. The zero-order valence-corrected chi connectivity index (χ0v) is 11.1. The number of rotatable bonds is 6. The van der Waals surface area contributed by atoms with Crippen LogP contribution in [0.5, 0.6) is 0 Å². The number of carbonyl (C=O) groups is 1. The van der Waals surface area contributed by atoms with Gasteiger partial charge in [-0.05, 0) is 12.8 Å². The van der Waals surface area contributed by atoms with Gasteiger partial charge in [-0.3, -0.25) is 4.79 Å². The number of carbonyl (C=O) groups excluding carboxylic acids is 1. The van der Waals surface area contributed by atoms with Gasteiger partial charge in [-0.1, -0.05) is 6.92 Å². The van der Waals surface area contributed by atoms with Gasteiger partial charge in [0.25, 0.3) is 0 Å². The van der Waals surface area contributed by atoms with Crippen molar-refractivity contribution in [3.05, 3.63) is 11.1 Å². The summed E-state index contributed by atoms with van der Waals surface area (Å²) in [6.07, 6.45) is -0.207. The fourth-order valence-corrected chi connectivity index (χ4v) is 2.18. The summed E-state index contributed by atoms with van der Waals surface area (Å²) >= 11 is 1.31. The number of anilines is 1. The Morgan fingerprint density at radius 2 is 2.35 bits per heavy atom. The molecule has 0 aromatic carbocycles. The Labute approximate surface area is 105 Å². The summed E-state index contributed by atoms with van der Waals surface area (Å²) in [7, 11) is 1.62. The molecule has 6 heteroatoms. The molecular weight excluding hydrogens is 240 g/mol. The topological polar surface area (TPSA) is 71.5 Å². The Balaban J connectivity index is 2.44. The number of nitrogens with zero attached hydrogens (tertiary/aromatic N) is 1. The maximum Gasteiger partial charge on any atom is 0.226 e. The number of amides is 1. The lowest BCUT2D eigenvalue weighted by molar-refractivity contribution is -0.117. The zero-order chi connectivity index (χ0) is 12.8. The molecule has 0 saturated heterocycles. The summed E-state index contributed by atoms with van der Waals surface area (Å²) in [5.41, 5.74) is 0.579. The first kappa shape index (κ1) is 14.1. The first-order chi connectivity index (χ1) is 8.02. The second kappa shape index (κ2) is 6.68. The SMILES string of the molecule is COCC(C)CC(=O)Nc1nc(C(C)O)cs1. The van der Waals surface area contributed by atoms with Crippen molar-refractivity contribution >= 4 is 22.4 Å². The van der Waals surface area contributed by atoms with Crippen LogP contribution < -0.4 is 5.32 Å². The van der Waals surface area contributed by atoms with Crippen molar-refractivity contribution < 1.29 is 14.6 Å². The van der Waals surface area contributed by atoms with Gasteiger partial charge in [0.1, 0.15) is 0 Å². The Hall–Kier alpha value is -0.980. The molecule has 17 heavy (non-hydrogen) atoms. The van der Waals surface area contributed by atoms with Gasteiger partial charge >= 0.3 is 0 Å². The minimum absolute atomic E-state index is 0.0824. The molecule has 0 spiro atoms. The number of methoxy groups -OCH3 is 1. The summed E-state index contributed by atoms with van der Waals surface area (Å²) in [6.45, 7) is 4.15. The number of aliphatic hydroxyl groups is 1. The molecule has 0 bridgehead atoms. The fraction of sp³-hybridized carbons (Fsp3) is 0.636. The van der Waals surface area contributed by atoms with Gasteiger partial charge in [-0.25, -0.2) is 4.98 Å². The Morgan fingerprint density at radius 3 is 2.88 bits per heavy atom. The van der Waals surface area contributed by atoms with Crippen LogP contribution >= 0.6 is 11.3 Å².